The van der Waals surface area contributed by atoms with Gasteiger partial charge >= 0.3 is 0 Å². The molecule has 102 valence electrons. The number of aryl methyl sites for hydroxylation is 1. The summed E-state index contributed by atoms with van der Waals surface area (Å²) in [5.41, 5.74) is 1.00. The lowest BCUT2D eigenvalue weighted by Gasteiger charge is -2.25. The second-order valence-electron chi connectivity index (χ2n) is 5.54. The third-order valence-electron chi connectivity index (χ3n) is 3.27. The van der Waals surface area contributed by atoms with E-state index in [-0.39, 0.29) is 5.54 Å². The Morgan fingerprint density at radius 1 is 1.37 bits per heavy atom. The normalized spacial score (nSPS) is 15.1. The minimum atomic E-state index is -0.256. The average Bonchev–Trinajstić information content (AvgIpc) is 2.83. The van der Waals surface area contributed by atoms with Crippen LogP contribution in [0.5, 0.6) is 11.5 Å². The molecule has 1 aliphatic heterocycles. The van der Waals surface area contributed by atoms with Crippen molar-refractivity contribution in [1.29, 1.82) is 0 Å². The maximum atomic E-state index is 5.48. The highest BCUT2D eigenvalue weighted by Gasteiger charge is 2.17. The monoisotopic (exact) mass is 259 g/mol. The quantitative estimate of drug-likeness (QED) is 0.825. The standard InChI is InChI=1S/C16H21NO2/c1-5-16(3,4)17-12(2)6-7-13-8-9-14-15(10-13)19-11-18-14/h1,8-10,12,17H,6-7,11H2,2-4H3. The molecule has 0 saturated carbocycles. The highest BCUT2D eigenvalue weighted by molar-refractivity contribution is 5.44. The summed E-state index contributed by atoms with van der Waals surface area (Å²) < 4.78 is 10.7. The van der Waals surface area contributed by atoms with Gasteiger partial charge in [0.15, 0.2) is 11.5 Å². The van der Waals surface area contributed by atoms with Gasteiger partial charge in [0.1, 0.15) is 0 Å². The summed E-state index contributed by atoms with van der Waals surface area (Å²) in [6.07, 6.45) is 7.50. The molecular formula is C16H21NO2. The van der Waals surface area contributed by atoms with Gasteiger partial charge in [0.05, 0.1) is 5.54 Å². The topological polar surface area (TPSA) is 30.5 Å². The summed E-state index contributed by atoms with van der Waals surface area (Å²) in [7, 11) is 0. The van der Waals surface area contributed by atoms with Crippen molar-refractivity contribution < 1.29 is 9.47 Å². The van der Waals surface area contributed by atoms with Gasteiger partial charge in [0.2, 0.25) is 6.79 Å². The first-order chi connectivity index (χ1) is 9.00. The molecule has 1 aromatic carbocycles. The third kappa shape index (κ3) is 3.65. The molecule has 1 unspecified atom stereocenters. The molecule has 1 atom stereocenters. The van der Waals surface area contributed by atoms with Gasteiger partial charge in [-0.3, -0.25) is 5.32 Å². The molecule has 0 radical (unpaired) electrons. The lowest BCUT2D eigenvalue weighted by Crippen LogP contribution is -2.43. The van der Waals surface area contributed by atoms with E-state index in [1.54, 1.807) is 0 Å². The minimum absolute atomic E-state index is 0.256. The summed E-state index contributed by atoms with van der Waals surface area (Å²) >= 11 is 0. The molecule has 1 N–H and O–H groups in total. The fourth-order valence-corrected chi connectivity index (χ4v) is 2.21. The van der Waals surface area contributed by atoms with E-state index in [2.05, 4.69) is 30.3 Å². The van der Waals surface area contributed by atoms with Crippen molar-refractivity contribution in [3.63, 3.8) is 0 Å². The van der Waals surface area contributed by atoms with Gasteiger partial charge in [-0.05, 0) is 51.3 Å². The molecular weight excluding hydrogens is 238 g/mol. The molecule has 0 saturated heterocycles. The molecule has 2 rings (SSSR count). The molecule has 0 spiro atoms. The van der Waals surface area contributed by atoms with Crippen molar-refractivity contribution in [2.24, 2.45) is 0 Å². The Hall–Kier alpha value is -1.66. The number of hydrogen-bond donors (Lipinski definition) is 1. The van der Waals surface area contributed by atoms with Gasteiger partial charge in [0, 0.05) is 6.04 Å². The highest BCUT2D eigenvalue weighted by Crippen LogP contribution is 2.32. The molecule has 1 aliphatic rings. The molecule has 3 nitrogen and oxygen atoms in total. The molecule has 0 fully saturated rings. The van der Waals surface area contributed by atoms with Crippen LogP contribution in [0.4, 0.5) is 0 Å². The Morgan fingerprint density at radius 2 is 2.11 bits per heavy atom. The van der Waals surface area contributed by atoms with E-state index < -0.39 is 0 Å². The van der Waals surface area contributed by atoms with Crippen LogP contribution in [-0.4, -0.2) is 18.4 Å². The van der Waals surface area contributed by atoms with E-state index in [1.165, 1.54) is 5.56 Å². The fraction of sp³-hybridized carbons (Fsp3) is 0.500. The first-order valence-corrected chi connectivity index (χ1v) is 6.64. The maximum absolute atomic E-state index is 5.48. The van der Waals surface area contributed by atoms with Crippen LogP contribution in [0.1, 0.15) is 32.8 Å². The Bertz CT molecular complexity index is 488. The number of rotatable bonds is 5. The van der Waals surface area contributed by atoms with Gasteiger partial charge in [0.25, 0.3) is 0 Å². The highest BCUT2D eigenvalue weighted by atomic mass is 16.7. The second kappa shape index (κ2) is 5.54. The van der Waals surface area contributed by atoms with Crippen LogP contribution < -0.4 is 14.8 Å². The molecule has 1 aromatic rings. The molecule has 0 aliphatic carbocycles. The molecule has 3 heteroatoms. The van der Waals surface area contributed by atoms with Crippen molar-refractivity contribution in [3.05, 3.63) is 23.8 Å². The number of hydrogen-bond acceptors (Lipinski definition) is 3. The summed E-state index contributed by atoms with van der Waals surface area (Å²) in [6, 6.07) is 6.49. The van der Waals surface area contributed by atoms with Gasteiger partial charge in [-0.15, -0.1) is 6.42 Å². The fourth-order valence-electron chi connectivity index (χ4n) is 2.21. The Kier molecular flexibility index (Phi) is 4.01. The number of benzene rings is 1. The van der Waals surface area contributed by atoms with Gasteiger partial charge in [-0.25, -0.2) is 0 Å². The molecule has 1 heterocycles. The lowest BCUT2D eigenvalue weighted by atomic mass is 10.0. The Labute approximate surface area is 115 Å². The van der Waals surface area contributed by atoms with Crippen molar-refractivity contribution in [1.82, 2.24) is 5.32 Å². The minimum Gasteiger partial charge on any atom is -0.454 e. The first kappa shape index (κ1) is 13.8. The predicted molar refractivity (Wildman–Crippen MR) is 76.4 cm³/mol. The summed E-state index contributed by atoms with van der Waals surface area (Å²) in [5.74, 6) is 4.44. The summed E-state index contributed by atoms with van der Waals surface area (Å²) in [4.78, 5) is 0. The van der Waals surface area contributed by atoms with Gasteiger partial charge < -0.3 is 9.47 Å². The SMILES string of the molecule is C#CC(C)(C)NC(C)CCc1ccc2c(c1)OCO2. The van der Waals surface area contributed by atoms with Crippen molar-refractivity contribution in [2.45, 2.75) is 45.2 Å². The van der Waals surface area contributed by atoms with Crippen LogP contribution in [0.25, 0.3) is 0 Å². The Balaban J connectivity index is 1.87. The van der Waals surface area contributed by atoms with Crippen LogP contribution >= 0.6 is 0 Å². The number of nitrogens with one attached hydrogen (secondary N) is 1. The number of fused-ring (bicyclic) bond motifs is 1. The summed E-state index contributed by atoms with van der Waals surface area (Å²) in [5, 5.41) is 3.44. The number of terminal acetylenes is 1. The zero-order valence-electron chi connectivity index (χ0n) is 11.8. The molecule has 0 amide bonds. The number of ether oxygens (including phenoxy) is 2. The molecule has 0 aromatic heterocycles. The van der Waals surface area contributed by atoms with Crippen molar-refractivity contribution in [3.8, 4) is 23.8 Å². The van der Waals surface area contributed by atoms with E-state index in [1.807, 2.05) is 19.9 Å². The first-order valence-electron chi connectivity index (χ1n) is 6.64. The van der Waals surface area contributed by atoms with E-state index in [0.29, 0.717) is 12.8 Å². The van der Waals surface area contributed by atoms with Gasteiger partial charge in [-0.2, -0.15) is 0 Å². The van der Waals surface area contributed by atoms with Crippen LogP contribution in [0.15, 0.2) is 18.2 Å². The Morgan fingerprint density at radius 3 is 2.84 bits per heavy atom. The lowest BCUT2D eigenvalue weighted by molar-refractivity contribution is 0.174. The van der Waals surface area contributed by atoms with E-state index >= 15 is 0 Å². The molecule has 0 bridgehead atoms. The zero-order chi connectivity index (χ0) is 13.9. The van der Waals surface area contributed by atoms with Crippen LogP contribution in [0.2, 0.25) is 0 Å². The maximum Gasteiger partial charge on any atom is 0.231 e. The largest absolute Gasteiger partial charge is 0.454 e. The molecule has 19 heavy (non-hydrogen) atoms. The van der Waals surface area contributed by atoms with Crippen LogP contribution in [0, 0.1) is 12.3 Å². The van der Waals surface area contributed by atoms with Crippen molar-refractivity contribution in [2.75, 3.05) is 6.79 Å². The second-order valence-corrected chi connectivity index (χ2v) is 5.54. The van der Waals surface area contributed by atoms with Crippen molar-refractivity contribution >= 4 is 0 Å². The smallest absolute Gasteiger partial charge is 0.231 e. The van der Waals surface area contributed by atoms with E-state index in [0.717, 1.165) is 24.3 Å². The van der Waals surface area contributed by atoms with Crippen LogP contribution in [0.3, 0.4) is 0 Å². The summed E-state index contributed by atoms with van der Waals surface area (Å²) in [6.45, 7) is 6.52. The average molecular weight is 259 g/mol. The van der Waals surface area contributed by atoms with E-state index in [4.69, 9.17) is 15.9 Å². The van der Waals surface area contributed by atoms with E-state index in [9.17, 15) is 0 Å². The third-order valence-corrected chi connectivity index (χ3v) is 3.27. The predicted octanol–water partition coefficient (Wildman–Crippen LogP) is 2.74. The van der Waals surface area contributed by atoms with Crippen LogP contribution in [-0.2, 0) is 6.42 Å². The zero-order valence-corrected chi connectivity index (χ0v) is 11.8. The van der Waals surface area contributed by atoms with Gasteiger partial charge in [-0.1, -0.05) is 12.0 Å².